The number of sulfonamides is 1. The van der Waals surface area contributed by atoms with Crippen molar-refractivity contribution in [2.75, 3.05) is 34.0 Å². The van der Waals surface area contributed by atoms with Crippen molar-refractivity contribution in [2.45, 2.75) is 328 Å². The summed E-state index contributed by atoms with van der Waals surface area (Å²) in [6.45, 7) is 63.3. The molecule has 5 rings (SSSR count). The van der Waals surface area contributed by atoms with Crippen molar-refractivity contribution in [1.29, 1.82) is 0 Å². The van der Waals surface area contributed by atoms with Crippen LogP contribution in [0.1, 0.15) is 285 Å². The van der Waals surface area contributed by atoms with E-state index in [9.17, 15) is 65.5 Å². The predicted molar refractivity (Wildman–Crippen MR) is 478 cm³/mol. The van der Waals surface area contributed by atoms with Gasteiger partial charge in [-0.05, 0) is 120 Å². The molecular formula is C95H157FN6O18S. The summed E-state index contributed by atoms with van der Waals surface area (Å²) in [4.78, 5) is 133. The minimum atomic E-state index is -3.86. The Bertz CT molecular complexity index is 3910. The van der Waals surface area contributed by atoms with Gasteiger partial charge in [-0.25, -0.2) is 27.1 Å². The number of methoxy groups -OCH3 is 2. The second-order valence-electron chi connectivity index (χ2n) is 42.0. The van der Waals surface area contributed by atoms with Crippen LogP contribution in [0, 0.1) is 78.2 Å². The Morgan fingerprint density at radius 3 is 1.24 bits per heavy atom. The van der Waals surface area contributed by atoms with Crippen LogP contribution in [0.25, 0.3) is 0 Å². The van der Waals surface area contributed by atoms with E-state index in [4.69, 9.17) is 23.7 Å². The van der Waals surface area contributed by atoms with E-state index in [1.807, 2.05) is 222 Å². The molecule has 26 heteroatoms. The van der Waals surface area contributed by atoms with Gasteiger partial charge in [-0.1, -0.05) is 258 Å². The normalized spacial score (nSPS) is 15.7. The molecule has 0 spiro atoms. The Morgan fingerprint density at radius 1 is 0.463 bits per heavy atom. The molecule has 121 heavy (non-hydrogen) atoms. The van der Waals surface area contributed by atoms with Crippen LogP contribution < -0.4 is 40.8 Å². The number of alkyl carbamates (subject to hydrolysis) is 2. The van der Waals surface area contributed by atoms with Crippen LogP contribution in [0.15, 0.2) is 77.7 Å². The molecule has 1 heterocycles. The molecule has 2 fully saturated rings. The summed E-state index contributed by atoms with van der Waals surface area (Å²) in [7, 11) is -0.673. The molecule has 5 amide bonds. The number of ketones is 6. The molecular weight excluding hydrogens is 1560 g/mol. The molecule has 6 N–H and O–H groups in total. The Kier molecular flexibility index (Phi) is 45.7. The Labute approximate surface area is 726 Å². The first-order valence-corrected chi connectivity index (χ1v) is 43.9. The number of amides is 5. The van der Waals surface area contributed by atoms with E-state index in [2.05, 4.69) is 31.3 Å². The fourth-order valence-corrected chi connectivity index (χ4v) is 13.7. The molecule has 1 saturated heterocycles. The molecule has 1 saturated carbocycles. The van der Waals surface area contributed by atoms with Crippen LogP contribution in [0.5, 0.6) is 11.5 Å². The lowest BCUT2D eigenvalue weighted by Crippen LogP contribution is -2.54. The van der Waals surface area contributed by atoms with Gasteiger partial charge in [0.2, 0.25) is 27.7 Å². The second kappa shape index (κ2) is 48.9. The third-order valence-electron chi connectivity index (χ3n) is 19.6. The largest absolute Gasteiger partial charge is 0.497 e. The molecule has 3 aromatic carbocycles. The van der Waals surface area contributed by atoms with E-state index >= 15 is 0 Å². The number of nitrogens with one attached hydrogen (secondary N) is 6. The lowest BCUT2D eigenvalue weighted by atomic mass is 9.75. The summed E-state index contributed by atoms with van der Waals surface area (Å²) in [6, 6.07) is 16.1. The fourth-order valence-electron chi connectivity index (χ4n) is 12.3. The molecule has 0 radical (unpaired) electrons. The number of ether oxygens (including phenoxy) is 5. The van der Waals surface area contributed by atoms with Gasteiger partial charge in [0.05, 0.1) is 68.6 Å². The number of carbonyl (C=O) groups is 11. The lowest BCUT2D eigenvalue weighted by molar-refractivity contribution is -0.137. The van der Waals surface area contributed by atoms with E-state index in [0.29, 0.717) is 37.7 Å². The number of rotatable bonds is 26. The smallest absolute Gasteiger partial charge is 0.408 e. The van der Waals surface area contributed by atoms with Crippen molar-refractivity contribution in [1.82, 2.24) is 31.3 Å². The summed E-state index contributed by atoms with van der Waals surface area (Å²) < 4.78 is 65.9. The first-order valence-electron chi connectivity index (χ1n) is 42.4. The van der Waals surface area contributed by atoms with Gasteiger partial charge in [0.15, 0.2) is 34.7 Å². The predicted octanol–water partition coefficient (Wildman–Crippen LogP) is 17.7. The molecule has 24 nitrogen and oxygen atoms in total. The van der Waals surface area contributed by atoms with Crippen molar-refractivity contribution < 1.29 is 89.2 Å². The molecule has 2 aliphatic rings. The van der Waals surface area contributed by atoms with Gasteiger partial charge >= 0.3 is 12.2 Å². The maximum absolute atomic E-state index is 12.9. The molecule has 7 unspecified atom stereocenters. The Balaban J connectivity index is 0.00000143. The number of hydrogen-bond donors (Lipinski definition) is 6. The topological polar surface area (TPSA) is 340 Å². The van der Waals surface area contributed by atoms with Crippen LogP contribution in [0.4, 0.5) is 14.0 Å². The van der Waals surface area contributed by atoms with Gasteiger partial charge < -0.3 is 50.3 Å². The molecule has 0 aromatic heterocycles. The highest BCUT2D eigenvalue weighted by Gasteiger charge is 2.43. The summed E-state index contributed by atoms with van der Waals surface area (Å²) in [6.07, 6.45) is 6.39. The number of halogens is 1. The van der Waals surface area contributed by atoms with Gasteiger partial charge in [0, 0.05) is 64.8 Å². The summed E-state index contributed by atoms with van der Waals surface area (Å²) >= 11 is 0. The second-order valence-corrected chi connectivity index (χ2v) is 43.7. The van der Waals surface area contributed by atoms with Crippen molar-refractivity contribution >= 4 is 74.6 Å². The van der Waals surface area contributed by atoms with Crippen LogP contribution in [0.3, 0.4) is 0 Å². The standard InChI is InChI=1S/C19H29NO4.C17H31NO2.C16H29NO4.C16H23NO3.C15H22FNO3S.C12H23NO2/c1-18(2,3)15(16(21)19(4,5)6)20-17(22)24-12-13-9-8-10-14(11-13)23-7;1-16(2,3)13(14(19)17(4,5)6)18-15(20)12-10-8-7-9-11-12;1-15(2,3)12(13(18)16(4,5)6)17-14(19)21-10-11-7-8-20-9-11;1-11(18)17-14(15(19)16(2,3)4)10-12-6-8-13(20-5)9-7-12;1-10(2)13(14(18)15(3,4)5)17-21(19,20)12-8-6-11(16)7-9-12;1-8(2)7-10(13-9(3)14)11(15)12(4,5)6/h8-11,15H,12H2,1-7H3,(H,20,22);12-13H,7-11H2,1-6H3,(H,18,20);11-12H,7-10H2,1-6H3,(H,17,19);6-9,14H,10H2,1-5H3,(H,17,18);6-10,13,17H,1-5H3;8,10H,7H2,1-6H3,(H,13,14). The fraction of sp³-hybridized carbons (Fsp3) is 0.695. The monoisotopic (exact) mass is 1720 g/mol. The highest BCUT2D eigenvalue weighted by molar-refractivity contribution is 7.89. The van der Waals surface area contributed by atoms with Crippen LogP contribution in [-0.4, -0.2) is 143 Å². The van der Waals surface area contributed by atoms with Gasteiger partial charge in [-0.2, -0.15) is 0 Å². The highest BCUT2D eigenvalue weighted by Crippen LogP contribution is 2.33. The average Bonchev–Trinajstić information content (AvgIpc) is 0.877. The number of hydrogen-bond acceptors (Lipinski definition) is 18. The van der Waals surface area contributed by atoms with E-state index in [-0.39, 0.29) is 98.5 Å². The average molecular weight is 1720 g/mol. The van der Waals surface area contributed by atoms with Crippen LogP contribution >= 0.6 is 0 Å². The molecule has 1 aliphatic carbocycles. The number of benzene rings is 3. The van der Waals surface area contributed by atoms with Crippen molar-refractivity contribution in [3.8, 4) is 11.5 Å². The van der Waals surface area contributed by atoms with Gasteiger partial charge in [-0.15, -0.1) is 0 Å². The molecule has 1 aliphatic heterocycles. The molecule has 3 aromatic rings. The lowest BCUT2D eigenvalue weighted by Gasteiger charge is -2.36. The zero-order valence-electron chi connectivity index (χ0n) is 80.3. The summed E-state index contributed by atoms with van der Waals surface area (Å²) in [5, 5.41) is 14.0. The first-order chi connectivity index (χ1) is 54.8. The van der Waals surface area contributed by atoms with E-state index in [1.165, 1.54) is 32.4 Å². The first kappa shape index (κ1) is 113. The summed E-state index contributed by atoms with van der Waals surface area (Å²) in [5.74, 6) is 1.33. The maximum Gasteiger partial charge on any atom is 0.408 e. The molecule has 7 atom stereocenters. The third kappa shape index (κ3) is 43.8. The van der Waals surface area contributed by atoms with Crippen molar-refractivity contribution in [3.63, 3.8) is 0 Å². The summed E-state index contributed by atoms with van der Waals surface area (Å²) in [5.41, 5.74) is -2.24. The zero-order chi connectivity index (χ0) is 94.3. The zero-order valence-corrected chi connectivity index (χ0v) is 81.1. The minimum Gasteiger partial charge on any atom is -0.497 e. The van der Waals surface area contributed by atoms with E-state index in [1.54, 1.807) is 54.9 Å². The van der Waals surface area contributed by atoms with Gasteiger partial charge in [-0.3, -0.25) is 43.2 Å². The Morgan fingerprint density at radius 2 is 0.868 bits per heavy atom. The maximum atomic E-state index is 12.9. The van der Waals surface area contributed by atoms with Gasteiger partial charge in [0.1, 0.15) is 23.9 Å². The molecule has 0 bridgehead atoms. The SMILES string of the molecule is CC(=O)NC(CC(C)C)C(=O)C(C)(C)C.CC(C)(C)C(=O)C(NC(=O)C1CCCCC1)C(C)(C)C.CC(C)(C)C(=O)C(NC(=O)OCC1CCOC1)C(C)(C)C.CC(C)C(NS(=O)(=O)c1ccc(F)cc1)C(=O)C(C)(C)C.COc1ccc(CC(NC(C)=O)C(=O)C(C)(C)C)cc1.COc1cccc(COC(=O)NC(C(=O)C(C)(C)C)C(C)(C)C)c1. The van der Waals surface area contributed by atoms with Crippen LogP contribution in [0.2, 0.25) is 0 Å². The number of Topliss-reactive ketones (excluding diaryl/α,β-unsaturated/α-hetero) is 6. The number of carbonyl (C=O) groups excluding carboxylic acids is 11. The van der Waals surface area contributed by atoms with Crippen molar-refractivity contribution in [2.24, 2.45) is 72.4 Å². The Hall–Kier alpha value is -7.97. The van der Waals surface area contributed by atoms with Crippen molar-refractivity contribution in [3.05, 3.63) is 89.7 Å². The highest BCUT2D eigenvalue weighted by atomic mass is 32.2. The van der Waals surface area contributed by atoms with Gasteiger partial charge in [0.25, 0.3) is 0 Å². The minimum absolute atomic E-state index is 0.0103. The third-order valence-corrected chi connectivity index (χ3v) is 21.1. The van der Waals surface area contributed by atoms with Crippen LogP contribution in [-0.2, 0) is 80.4 Å². The van der Waals surface area contributed by atoms with E-state index < -0.39 is 96.1 Å². The molecule has 688 valence electrons. The quantitative estimate of drug-likeness (QED) is 0.0435. The van der Waals surface area contributed by atoms with E-state index in [0.717, 1.165) is 67.7 Å².